The Labute approximate surface area is 92.6 Å². The zero-order valence-electron chi connectivity index (χ0n) is 8.29. The standard InChI is InChI=1S/C10H13ClN2O2/c11-10-7(2-1-3-8(14)15)9(12-13-10)6-4-5-6/h6H,1-5H2,(H,12,13)(H,14,15). The molecule has 0 unspecified atom stereocenters. The van der Waals surface area contributed by atoms with Gasteiger partial charge in [0, 0.05) is 23.6 Å². The van der Waals surface area contributed by atoms with Gasteiger partial charge in [-0.05, 0) is 25.7 Å². The first-order valence-electron chi connectivity index (χ1n) is 5.13. The number of nitrogens with zero attached hydrogens (tertiary/aromatic N) is 1. The van der Waals surface area contributed by atoms with Gasteiger partial charge in [0.15, 0.2) is 5.15 Å². The van der Waals surface area contributed by atoms with Gasteiger partial charge in [0.1, 0.15) is 0 Å². The minimum absolute atomic E-state index is 0.186. The van der Waals surface area contributed by atoms with E-state index in [1.807, 2.05) is 0 Å². The molecule has 0 aliphatic heterocycles. The maximum Gasteiger partial charge on any atom is 0.303 e. The first-order chi connectivity index (χ1) is 7.18. The molecule has 1 heterocycles. The van der Waals surface area contributed by atoms with Crippen molar-refractivity contribution >= 4 is 17.6 Å². The zero-order valence-corrected chi connectivity index (χ0v) is 9.05. The van der Waals surface area contributed by atoms with E-state index >= 15 is 0 Å². The number of aromatic amines is 1. The highest BCUT2D eigenvalue weighted by Crippen LogP contribution is 2.42. The lowest BCUT2D eigenvalue weighted by Crippen LogP contribution is -1.97. The predicted octanol–water partition coefficient (Wildman–Crippen LogP) is 2.35. The van der Waals surface area contributed by atoms with Gasteiger partial charge in [-0.25, -0.2) is 0 Å². The molecule has 2 rings (SSSR count). The number of rotatable bonds is 5. The lowest BCUT2D eigenvalue weighted by Gasteiger charge is -2.00. The van der Waals surface area contributed by atoms with E-state index in [-0.39, 0.29) is 6.42 Å². The Hall–Kier alpha value is -1.03. The number of halogens is 1. The second kappa shape index (κ2) is 4.23. The lowest BCUT2D eigenvalue weighted by molar-refractivity contribution is -0.137. The van der Waals surface area contributed by atoms with Crippen molar-refractivity contribution in [2.75, 3.05) is 0 Å². The number of carbonyl (C=O) groups is 1. The lowest BCUT2D eigenvalue weighted by atomic mass is 10.1. The summed E-state index contributed by atoms with van der Waals surface area (Å²) >= 11 is 5.94. The van der Waals surface area contributed by atoms with Gasteiger partial charge in [-0.1, -0.05) is 11.6 Å². The molecule has 0 aromatic carbocycles. The third-order valence-corrected chi connectivity index (χ3v) is 2.96. The van der Waals surface area contributed by atoms with E-state index in [1.165, 1.54) is 12.8 Å². The Morgan fingerprint density at radius 2 is 2.33 bits per heavy atom. The molecule has 4 nitrogen and oxygen atoms in total. The van der Waals surface area contributed by atoms with Crippen LogP contribution in [0.25, 0.3) is 0 Å². The van der Waals surface area contributed by atoms with Gasteiger partial charge in [-0.2, -0.15) is 5.10 Å². The molecule has 0 spiro atoms. The van der Waals surface area contributed by atoms with Crippen molar-refractivity contribution in [1.29, 1.82) is 0 Å². The molecule has 1 aromatic heterocycles. The minimum Gasteiger partial charge on any atom is -0.481 e. The van der Waals surface area contributed by atoms with E-state index in [0.717, 1.165) is 11.3 Å². The third kappa shape index (κ3) is 2.50. The number of H-pyrrole nitrogens is 1. The van der Waals surface area contributed by atoms with Crippen molar-refractivity contribution in [3.05, 3.63) is 16.4 Å². The molecule has 0 bridgehead atoms. The first-order valence-corrected chi connectivity index (χ1v) is 5.50. The SMILES string of the molecule is O=C(O)CCCc1c(Cl)n[nH]c1C1CC1. The normalized spacial score (nSPS) is 15.5. The van der Waals surface area contributed by atoms with Gasteiger partial charge >= 0.3 is 5.97 Å². The second-order valence-corrected chi connectivity index (χ2v) is 4.29. The van der Waals surface area contributed by atoms with E-state index in [4.69, 9.17) is 16.7 Å². The molecule has 2 N–H and O–H groups in total. The van der Waals surface area contributed by atoms with Crippen molar-refractivity contribution in [2.24, 2.45) is 0 Å². The Kier molecular flexibility index (Phi) is 2.95. The van der Waals surface area contributed by atoms with Crippen LogP contribution in [0.2, 0.25) is 5.15 Å². The van der Waals surface area contributed by atoms with E-state index in [9.17, 15) is 4.79 Å². The molecule has 15 heavy (non-hydrogen) atoms. The van der Waals surface area contributed by atoms with Gasteiger partial charge in [0.2, 0.25) is 0 Å². The Balaban J connectivity index is 1.99. The summed E-state index contributed by atoms with van der Waals surface area (Å²) in [4.78, 5) is 10.4. The van der Waals surface area contributed by atoms with Crippen LogP contribution in [0, 0.1) is 0 Å². The van der Waals surface area contributed by atoms with Gasteiger partial charge in [-0.3, -0.25) is 9.89 Å². The smallest absolute Gasteiger partial charge is 0.303 e. The highest BCUT2D eigenvalue weighted by Gasteiger charge is 2.29. The summed E-state index contributed by atoms with van der Waals surface area (Å²) in [7, 11) is 0. The Morgan fingerprint density at radius 1 is 1.60 bits per heavy atom. The van der Waals surface area contributed by atoms with E-state index in [1.54, 1.807) is 0 Å². The van der Waals surface area contributed by atoms with Crippen molar-refractivity contribution in [1.82, 2.24) is 10.2 Å². The number of carboxylic acid groups (broad SMARTS) is 1. The van der Waals surface area contributed by atoms with Crippen LogP contribution in [0.3, 0.4) is 0 Å². The summed E-state index contributed by atoms with van der Waals surface area (Å²) in [6.07, 6.45) is 3.88. The molecular weight excluding hydrogens is 216 g/mol. The Bertz CT molecular complexity index is 371. The van der Waals surface area contributed by atoms with E-state index < -0.39 is 5.97 Å². The summed E-state index contributed by atoms with van der Waals surface area (Å²) in [6, 6.07) is 0. The molecule has 0 atom stereocenters. The summed E-state index contributed by atoms with van der Waals surface area (Å²) < 4.78 is 0. The van der Waals surface area contributed by atoms with Crippen LogP contribution in [-0.2, 0) is 11.2 Å². The second-order valence-electron chi connectivity index (χ2n) is 3.93. The highest BCUT2D eigenvalue weighted by atomic mass is 35.5. The molecule has 1 aliphatic carbocycles. The Morgan fingerprint density at radius 3 is 2.93 bits per heavy atom. The van der Waals surface area contributed by atoms with Crippen LogP contribution in [0.1, 0.15) is 42.9 Å². The van der Waals surface area contributed by atoms with E-state index in [0.29, 0.717) is 23.9 Å². The molecule has 0 radical (unpaired) electrons. The van der Waals surface area contributed by atoms with Crippen LogP contribution in [0.15, 0.2) is 0 Å². The average molecular weight is 229 g/mol. The van der Waals surface area contributed by atoms with Crippen molar-refractivity contribution in [2.45, 2.75) is 38.0 Å². The monoisotopic (exact) mass is 228 g/mol. The van der Waals surface area contributed by atoms with E-state index in [2.05, 4.69) is 10.2 Å². The van der Waals surface area contributed by atoms with Gasteiger partial charge in [-0.15, -0.1) is 0 Å². The largest absolute Gasteiger partial charge is 0.481 e. The molecule has 0 saturated heterocycles. The van der Waals surface area contributed by atoms with Crippen molar-refractivity contribution in [3.63, 3.8) is 0 Å². The molecule has 82 valence electrons. The first kappa shape index (κ1) is 10.5. The van der Waals surface area contributed by atoms with Crippen molar-refractivity contribution < 1.29 is 9.90 Å². The number of carboxylic acids is 1. The maximum atomic E-state index is 10.4. The highest BCUT2D eigenvalue weighted by molar-refractivity contribution is 6.30. The number of aromatic nitrogens is 2. The van der Waals surface area contributed by atoms with Crippen LogP contribution >= 0.6 is 11.6 Å². The van der Waals surface area contributed by atoms with Crippen LogP contribution in [0.4, 0.5) is 0 Å². The fourth-order valence-corrected chi connectivity index (χ4v) is 1.96. The quantitative estimate of drug-likeness (QED) is 0.813. The molecule has 1 fully saturated rings. The van der Waals surface area contributed by atoms with Gasteiger partial charge < -0.3 is 5.11 Å². The molecule has 5 heteroatoms. The molecular formula is C10H13ClN2O2. The molecule has 1 saturated carbocycles. The number of nitrogens with one attached hydrogen (secondary N) is 1. The summed E-state index contributed by atoms with van der Waals surface area (Å²) in [5, 5.41) is 16.0. The summed E-state index contributed by atoms with van der Waals surface area (Å²) in [5.74, 6) is -0.188. The number of aliphatic carboxylic acids is 1. The molecule has 1 aliphatic rings. The zero-order chi connectivity index (χ0) is 10.8. The van der Waals surface area contributed by atoms with Gasteiger partial charge in [0.25, 0.3) is 0 Å². The minimum atomic E-state index is -0.761. The summed E-state index contributed by atoms with van der Waals surface area (Å²) in [5.41, 5.74) is 2.13. The third-order valence-electron chi connectivity index (χ3n) is 2.65. The fourth-order valence-electron chi connectivity index (χ4n) is 1.72. The summed E-state index contributed by atoms with van der Waals surface area (Å²) in [6.45, 7) is 0. The van der Waals surface area contributed by atoms with Crippen LogP contribution < -0.4 is 0 Å². The van der Waals surface area contributed by atoms with Gasteiger partial charge in [0.05, 0.1) is 0 Å². The van der Waals surface area contributed by atoms with Crippen LogP contribution in [0.5, 0.6) is 0 Å². The maximum absolute atomic E-state index is 10.4. The van der Waals surface area contributed by atoms with Crippen LogP contribution in [-0.4, -0.2) is 21.3 Å². The fraction of sp³-hybridized carbons (Fsp3) is 0.600. The number of hydrogen-bond acceptors (Lipinski definition) is 2. The van der Waals surface area contributed by atoms with Crippen molar-refractivity contribution in [3.8, 4) is 0 Å². The molecule has 0 amide bonds. The topological polar surface area (TPSA) is 66.0 Å². The average Bonchev–Trinajstić information content (AvgIpc) is 2.94. The molecule has 1 aromatic rings. The number of hydrogen-bond donors (Lipinski definition) is 2. The predicted molar refractivity (Wildman–Crippen MR) is 56.1 cm³/mol.